The summed E-state index contributed by atoms with van der Waals surface area (Å²) >= 11 is 1.32. The van der Waals surface area contributed by atoms with Crippen LogP contribution >= 0.6 is 11.8 Å². The Morgan fingerprint density at radius 3 is 1.69 bits per heavy atom. The molecule has 2 aromatic carbocycles. The highest BCUT2D eigenvalue weighted by Crippen LogP contribution is 2.64. The fourth-order valence-electron chi connectivity index (χ4n) is 5.29. The van der Waals surface area contributed by atoms with E-state index in [9.17, 15) is 89.0 Å². The van der Waals surface area contributed by atoms with Gasteiger partial charge in [-0.15, -0.1) is 0 Å². The van der Waals surface area contributed by atoms with Crippen molar-refractivity contribution >= 4 is 41.0 Å². The van der Waals surface area contributed by atoms with E-state index in [-0.39, 0.29) is 29.9 Å². The predicted octanol–water partition coefficient (Wildman–Crippen LogP) is 11.5. The summed E-state index contributed by atoms with van der Waals surface area (Å²) in [5.74, 6) is -58.5. The molecule has 2 rings (SSSR count). The van der Waals surface area contributed by atoms with Gasteiger partial charge in [0.25, 0.3) is 5.91 Å². The Labute approximate surface area is 341 Å². The van der Waals surface area contributed by atoms with Gasteiger partial charge in [0.05, 0.1) is 11.4 Å². The minimum Gasteiger partial charge on any atom is -0.443 e. The maximum absolute atomic E-state index is 14.7. The quantitative estimate of drug-likeness (QED) is 0.0962. The summed E-state index contributed by atoms with van der Waals surface area (Å²) in [5.41, 5.74) is -2.95. The second-order valence-corrected chi connectivity index (χ2v) is 14.9. The molecule has 0 spiro atoms. The van der Waals surface area contributed by atoms with Crippen molar-refractivity contribution < 1.29 is 93.8 Å². The van der Waals surface area contributed by atoms with Gasteiger partial charge in [-0.2, -0.15) is 86.4 Å². The molecule has 61 heavy (non-hydrogen) atoms. The van der Waals surface area contributed by atoms with E-state index < -0.39 is 90.0 Å². The van der Waals surface area contributed by atoms with Crippen LogP contribution in [0.3, 0.4) is 0 Å². The number of hydrogen-bond donors (Lipinski definition) is 2. The molecule has 2 aromatic rings. The number of carbonyl (C=O) groups is 3. The maximum Gasteiger partial charge on any atom is 0.460 e. The predicted molar refractivity (Wildman–Crippen MR) is 188 cm³/mol. The summed E-state index contributed by atoms with van der Waals surface area (Å²) in [4.78, 5) is 41.7. The number of para-hydroxylation sites is 2. The third kappa shape index (κ3) is 10.7. The van der Waals surface area contributed by atoms with Crippen molar-refractivity contribution in [3.05, 3.63) is 60.2 Å². The molecule has 0 saturated carbocycles. The van der Waals surface area contributed by atoms with E-state index in [1.54, 1.807) is 12.3 Å². The Bertz CT molecular complexity index is 1810. The van der Waals surface area contributed by atoms with Crippen LogP contribution in [0.2, 0.25) is 0 Å². The van der Waals surface area contributed by atoms with Crippen molar-refractivity contribution in [2.24, 2.45) is 0 Å². The number of anilines is 2. The molecule has 1 atom stereocenters. The molecule has 0 aliphatic carbocycles. The number of carbonyl (C=O) groups excluding carboxylic acids is 3. The number of benzene rings is 2. The Hall–Kier alpha value is -4.19. The van der Waals surface area contributed by atoms with Crippen LogP contribution in [0.25, 0.3) is 0 Å². The van der Waals surface area contributed by atoms with Crippen LogP contribution in [0.4, 0.5) is 90.8 Å². The van der Waals surface area contributed by atoms with Crippen LogP contribution in [0, 0.1) is 0 Å². The van der Waals surface area contributed by atoms with Crippen molar-refractivity contribution in [1.82, 2.24) is 5.32 Å². The van der Waals surface area contributed by atoms with Crippen LogP contribution in [0.15, 0.2) is 54.6 Å². The molecule has 0 aromatic heterocycles. The zero-order chi connectivity index (χ0) is 47.3. The first-order valence-corrected chi connectivity index (χ1v) is 19.0. The fourth-order valence-corrected chi connectivity index (χ4v) is 5.75. The van der Waals surface area contributed by atoms with Gasteiger partial charge >= 0.3 is 53.7 Å². The lowest BCUT2D eigenvalue weighted by atomic mass is 9.87. The second kappa shape index (κ2) is 19.1. The van der Waals surface area contributed by atoms with E-state index in [1.807, 2.05) is 6.92 Å². The first-order chi connectivity index (χ1) is 27.6. The molecule has 25 heteroatoms. The smallest absolute Gasteiger partial charge is 0.443 e. The first kappa shape index (κ1) is 52.9. The molecule has 7 nitrogen and oxygen atoms in total. The summed E-state index contributed by atoms with van der Waals surface area (Å²) in [6, 6.07) is 11.3. The number of ether oxygens (including phenoxy) is 1. The van der Waals surface area contributed by atoms with E-state index in [2.05, 4.69) is 10.6 Å². The maximum atomic E-state index is 14.7. The second-order valence-electron chi connectivity index (χ2n) is 13.9. The number of thioether (sulfide) groups is 1. The molecular weight excluding hydrogens is 893 g/mol. The molecule has 3 amide bonds. The van der Waals surface area contributed by atoms with Crippen molar-refractivity contribution in [3.8, 4) is 0 Å². The SMILES string of the molecule is CCCCNC(=O)C(CCSC)N(C(=O)c1ccccc1)c1ccccc1NC(=O)OC(C)(C)CCC(F)(F)C(F)(F)C(F)(F)C(F)(F)C(F)(F)C(F)(F)C(F)(F)C(F)(F)F. The largest absolute Gasteiger partial charge is 0.460 e. The number of alkyl halides is 17. The van der Waals surface area contributed by atoms with Crippen LogP contribution in [0.1, 0.15) is 63.2 Å². The molecule has 0 aliphatic rings. The monoisotopic (exact) mass is 931 g/mol. The Morgan fingerprint density at radius 2 is 1.18 bits per heavy atom. The lowest BCUT2D eigenvalue weighted by molar-refractivity contribution is -0.462. The summed E-state index contributed by atoms with van der Waals surface area (Å²) in [5, 5.41) is 4.86. The summed E-state index contributed by atoms with van der Waals surface area (Å²) in [7, 11) is 0. The van der Waals surface area contributed by atoms with Gasteiger partial charge in [0.1, 0.15) is 11.6 Å². The molecule has 0 radical (unpaired) electrons. The lowest BCUT2D eigenvalue weighted by Crippen LogP contribution is -2.74. The van der Waals surface area contributed by atoms with Gasteiger partial charge in [-0.05, 0) is 69.4 Å². The summed E-state index contributed by atoms with van der Waals surface area (Å²) in [6.07, 6.45) is -11.1. The number of hydrogen-bond acceptors (Lipinski definition) is 5. The molecule has 2 N–H and O–H groups in total. The van der Waals surface area contributed by atoms with Crippen molar-refractivity contribution in [2.75, 3.05) is 28.8 Å². The fraction of sp³-hybridized carbons (Fsp3) is 0.583. The van der Waals surface area contributed by atoms with Crippen LogP contribution in [-0.4, -0.2) is 95.7 Å². The molecule has 0 saturated heterocycles. The number of amides is 3. The molecule has 346 valence electrons. The van der Waals surface area contributed by atoms with E-state index in [1.165, 1.54) is 54.2 Å². The highest BCUT2D eigenvalue weighted by atomic mass is 32.2. The average Bonchev–Trinajstić information content (AvgIpc) is 3.15. The molecule has 0 aliphatic heterocycles. The number of halogens is 17. The first-order valence-electron chi connectivity index (χ1n) is 17.6. The van der Waals surface area contributed by atoms with Gasteiger partial charge in [0.15, 0.2) is 0 Å². The molecule has 0 heterocycles. The van der Waals surface area contributed by atoms with Crippen LogP contribution in [0.5, 0.6) is 0 Å². The average molecular weight is 932 g/mol. The normalized spacial score (nSPS) is 14.3. The van der Waals surface area contributed by atoms with Crippen molar-refractivity contribution in [2.45, 2.75) is 112 Å². The van der Waals surface area contributed by atoms with Gasteiger partial charge < -0.3 is 10.1 Å². The minimum absolute atomic E-state index is 0.0490. The molecule has 0 bridgehead atoms. The third-order valence-electron chi connectivity index (χ3n) is 8.88. The van der Waals surface area contributed by atoms with E-state index >= 15 is 0 Å². The van der Waals surface area contributed by atoms with Crippen LogP contribution < -0.4 is 15.5 Å². The number of unbranched alkanes of at least 4 members (excludes halogenated alkanes) is 1. The standard InChI is InChI=1S/C36H38F17N3O4S/c1-5-6-19-54-25(57)24(16-20-61-4)56(26(58)21-12-8-7-9-13-21)23-15-11-10-14-22(23)55-27(59)60-28(2,3)17-18-29(37,38)30(39,40)31(41,42)32(43,44)33(45,46)34(47,48)35(49,50)36(51,52)53/h7-15,24H,5-6,16-20H2,1-4H3,(H,54,57)(H,55,59). The summed E-state index contributed by atoms with van der Waals surface area (Å²) in [6.45, 7) is 3.37. The summed E-state index contributed by atoms with van der Waals surface area (Å²) < 4.78 is 238. The Kier molecular flexibility index (Phi) is 16.5. The number of nitrogens with one attached hydrogen (secondary N) is 2. The topological polar surface area (TPSA) is 87.7 Å². The van der Waals surface area contributed by atoms with Crippen LogP contribution in [-0.2, 0) is 9.53 Å². The van der Waals surface area contributed by atoms with E-state index in [0.29, 0.717) is 32.4 Å². The zero-order valence-electron chi connectivity index (χ0n) is 32.1. The van der Waals surface area contributed by atoms with Crippen molar-refractivity contribution in [1.29, 1.82) is 0 Å². The Morgan fingerprint density at radius 1 is 0.689 bits per heavy atom. The van der Waals surface area contributed by atoms with Gasteiger partial charge in [-0.25, -0.2) is 4.79 Å². The van der Waals surface area contributed by atoms with Gasteiger partial charge in [-0.1, -0.05) is 43.7 Å². The minimum atomic E-state index is -8.76. The number of rotatable bonds is 21. The molecule has 0 fully saturated rings. The van der Waals surface area contributed by atoms with E-state index in [4.69, 9.17) is 4.74 Å². The number of nitrogens with zero attached hydrogens (tertiary/aromatic N) is 1. The molecule has 1 unspecified atom stereocenters. The highest BCUT2D eigenvalue weighted by molar-refractivity contribution is 7.98. The third-order valence-corrected chi connectivity index (χ3v) is 9.52. The lowest BCUT2D eigenvalue weighted by Gasteiger charge is -2.43. The van der Waals surface area contributed by atoms with Gasteiger partial charge in [0, 0.05) is 18.5 Å². The zero-order valence-corrected chi connectivity index (χ0v) is 33.0. The van der Waals surface area contributed by atoms with Crippen molar-refractivity contribution in [3.63, 3.8) is 0 Å². The van der Waals surface area contributed by atoms with Gasteiger partial charge in [0.2, 0.25) is 5.91 Å². The Balaban J connectivity index is 2.45. The molecular formula is C36H38F17N3O4S. The highest BCUT2D eigenvalue weighted by Gasteiger charge is 2.95. The van der Waals surface area contributed by atoms with Gasteiger partial charge in [-0.3, -0.25) is 19.8 Å². The van der Waals surface area contributed by atoms with E-state index in [0.717, 1.165) is 11.0 Å².